The zero-order valence-corrected chi connectivity index (χ0v) is 7.85. The number of rotatable bonds is 3. The lowest BCUT2D eigenvalue weighted by Crippen LogP contribution is -2.04. The number of alkyl halides is 3. The van der Waals surface area contributed by atoms with Gasteiger partial charge in [-0.15, -0.1) is 10.2 Å². The molecule has 14 heavy (non-hydrogen) atoms. The molecule has 0 amide bonds. The molecule has 8 heteroatoms. The summed E-state index contributed by atoms with van der Waals surface area (Å²) >= 11 is 0.325. The fourth-order valence-electron chi connectivity index (χ4n) is 0.719. The van der Waals surface area contributed by atoms with Crippen LogP contribution < -0.4 is 0 Å². The van der Waals surface area contributed by atoms with Crippen LogP contribution >= 0.6 is 11.3 Å². The van der Waals surface area contributed by atoms with Crippen LogP contribution in [0.1, 0.15) is 16.1 Å². The van der Waals surface area contributed by atoms with E-state index in [9.17, 15) is 18.3 Å². The van der Waals surface area contributed by atoms with Crippen molar-refractivity contribution in [1.82, 2.24) is 10.2 Å². The van der Waals surface area contributed by atoms with Crippen molar-refractivity contribution in [3.8, 4) is 0 Å². The fourth-order valence-corrected chi connectivity index (χ4v) is 1.49. The van der Waals surface area contributed by atoms with E-state index in [0.717, 1.165) is 0 Å². The summed E-state index contributed by atoms with van der Waals surface area (Å²) in [6.45, 7) is -0.678. The van der Waals surface area contributed by atoms with Gasteiger partial charge in [-0.3, -0.25) is 0 Å². The molecule has 0 aliphatic rings. The Hall–Kier alpha value is -0.730. The third-order valence-corrected chi connectivity index (χ3v) is 2.45. The summed E-state index contributed by atoms with van der Waals surface area (Å²) in [5.74, 6) is 0. The highest BCUT2D eigenvalue weighted by molar-refractivity contribution is 7.11. The topological polar surface area (TPSA) is 54.9 Å². The van der Waals surface area contributed by atoms with Crippen molar-refractivity contribution in [3.05, 3.63) is 10.0 Å². The van der Waals surface area contributed by atoms with Crippen LogP contribution in [-0.4, -0.2) is 23.9 Å². The Morgan fingerprint density at radius 3 is 2.50 bits per heavy atom. The molecule has 1 aromatic rings. The summed E-state index contributed by atoms with van der Waals surface area (Å²) in [4.78, 5) is 0. The molecule has 1 rings (SSSR count). The van der Waals surface area contributed by atoms with Crippen molar-refractivity contribution in [2.45, 2.75) is 12.3 Å². The number of methoxy groups -OCH3 is 1. The second-order valence-corrected chi connectivity index (χ2v) is 3.34. The molecule has 0 fully saturated rings. The van der Waals surface area contributed by atoms with E-state index in [1.54, 1.807) is 0 Å². The lowest BCUT2D eigenvalue weighted by atomic mass is 10.4. The number of aromatic nitrogens is 2. The predicted molar refractivity (Wildman–Crippen MR) is 40.2 cm³/mol. The van der Waals surface area contributed by atoms with Crippen molar-refractivity contribution in [3.63, 3.8) is 0 Å². The van der Waals surface area contributed by atoms with Crippen LogP contribution in [0.15, 0.2) is 0 Å². The van der Waals surface area contributed by atoms with Gasteiger partial charge in [0.1, 0.15) is 17.7 Å². The van der Waals surface area contributed by atoms with Crippen LogP contribution in [-0.2, 0) is 16.0 Å². The fraction of sp³-hybridized carbons (Fsp3) is 0.667. The highest BCUT2D eigenvalue weighted by Gasteiger charge is 2.36. The first kappa shape index (κ1) is 11.3. The van der Waals surface area contributed by atoms with Crippen LogP contribution in [0.4, 0.5) is 13.2 Å². The molecule has 1 unspecified atom stereocenters. The van der Waals surface area contributed by atoms with Gasteiger partial charge < -0.3 is 4.74 Å². The average Bonchev–Trinajstić information content (AvgIpc) is 2.54. The minimum atomic E-state index is -4.52. The van der Waals surface area contributed by atoms with Gasteiger partial charge in [-0.05, 0) is 0 Å². The van der Waals surface area contributed by atoms with E-state index in [1.165, 1.54) is 7.11 Å². The van der Waals surface area contributed by atoms with E-state index < -0.39 is 23.9 Å². The zero-order chi connectivity index (χ0) is 10.8. The molecule has 0 saturated carbocycles. The Morgan fingerprint density at radius 2 is 2.14 bits per heavy atom. The molecule has 1 atom stereocenters. The number of hydrogen-bond acceptors (Lipinski definition) is 4. The maximum absolute atomic E-state index is 12.1. The Bertz CT molecular complexity index is 298. The monoisotopic (exact) mass is 227 g/mol. The molecule has 0 aliphatic carbocycles. The minimum absolute atomic E-state index is 0.0465. The number of hydrogen-bond donors (Lipinski definition) is 0. The van der Waals surface area contributed by atoms with Gasteiger partial charge in [-0.25, -0.2) is 5.11 Å². The standard InChI is InChI=1S/C6H6F3N2O2S/c1-13-3(2-12)4-10-11-5(14-4)6(7,8)9/h3H,2H2,1H3. The van der Waals surface area contributed by atoms with Crippen molar-refractivity contribution in [2.75, 3.05) is 13.7 Å². The van der Waals surface area contributed by atoms with E-state index in [0.29, 0.717) is 11.3 Å². The molecule has 4 nitrogen and oxygen atoms in total. The summed E-state index contributed by atoms with van der Waals surface area (Å²) in [7, 11) is 1.23. The van der Waals surface area contributed by atoms with Gasteiger partial charge in [0.05, 0.1) is 0 Å². The number of nitrogens with zero attached hydrogens (tertiary/aromatic N) is 2. The Labute approximate surface area is 81.3 Å². The van der Waals surface area contributed by atoms with Gasteiger partial charge in [-0.2, -0.15) is 13.2 Å². The number of halogens is 3. The largest absolute Gasteiger partial charge is 0.445 e. The Kier molecular flexibility index (Phi) is 3.40. The first-order chi connectivity index (χ1) is 6.49. The Balaban J connectivity index is 2.87. The third kappa shape index (κ3) is 2.40. The van der Waals surface area contributed by atoms with E-state index in [-0.39, 0.29) is 5.01 Å². The zero-order valence-electron chi connectivity index (χ0n) is 7.04. The first-order valence-corrected chi connectivity index (χ1v) is 4.32. The quantitative estimate of drug-likeness (QED) is 0.789. The summed E-state index contributed by atoms with van der Waals surface area (Å²) in [5, 5.41) is 15.5. The normalized spacial score (nSPS) is 14.4. The van der Waals surface area contributed by atoms with Crippen LogP contribution in [0.5, 0.6) is 0 Å². The average molecular weight is 227 g/mol. The Morgan fingerprint density at radius 1 is 1.50 bits per heavy atom. The molecular formula is C6H6F3N2O2S. The molecule has 0 spiro atoms. The molecule has 1 radical (unpaired) electrons. The van der Waals surface area contributed by atoms with E-state index in [2.05, 4.69) is 14.9 Å². The van der Waals surface area contributed by atoms with Gasteiger partial charge in [0.25, 0.3) is 0 Å². The predicted octanol–water partition coefficient (Wildman–Crippen LogP) is 1.67. The van der Waals surface area contributed by atoms with Crippen molar-refractivity contribution >= 4 is 11.3 Å². The number of ether oxygens (including phenoxy) is 1. The van der Waals surface area contributed by atoms with Crippen molar-refractivity contribution in [2.24, 2.45) is 0 Å². The molecular weight excluding hydrogens is 221 g/mol. The summed E-state index contributed by atoms with van der Waals surface area (Å²) in [5.41, 5.74) is 0. The van der Waals surface area contributed by atoms with E-state index in [4.69, 9.17) is 0 Å². The highest BCUT2D eigenvalue weighted by Crippen LogP contribution is 2.33. The molecule has 79 valence electrons. The lowest BCUT2D eigenvalue weighted by molar-refractivity contribution is -0.138. The SMILES string of the molecule is COC(C[O])c1nnc(C(F)(F)F)s1. The smallest absolute Gasteiger partial charge is 0.372 e. The van der Waals surface area contributed by atoms with Gasteiger partial charge in [0.2, 0.25) is 5.01 Å². The van der Waals surface area contributed by atoms with Gasteiger partial charge in [-0.1, -0.05) is 11.3 Å². The molecule has 1 aromatic heterocycles. The maximum atomic E-state index is 12.1. The molecule has 0 saturated heterocycles. The lowest BCUT2D eigenvalue weighted by Gasteiger charge is -2.05. The van der Waals surface area contributed by atoms with E-state index >= 15 is 0 Å². The minimum Gasteiger partial charge on any atom is -0.372 e. The molecule has 0 bridgehead atoms. The van der Waals surface area contributed by atoms with Crippen LogP contribution in [0.3, 0.4) is 0 Å². The summed E-state index contributed by atoms with van der Waals surface area (Å²) in [6, 6.07) is 0. The molecule has 0 aromatic carbocycles. The van der Waals surface area contributed by atoms with Crippen molar-refractivity contribution < 1.29 is 23.0 Å². The molecule has 0 aliphatic heterocycles. The first-order valence-electron chi connectivity index (χ1n) is 3.50. The van der Waals surface area contributed by atoms with Gasteiger partial charge in [0, 0.05) is 7.11 Å². The van der Waals surface area contributed by atoms with Gasteiger partial charge >= 0.3 is 6.18 Å². The summed E-state index contributed by atoms with van der Waals surface area (Å²) < 4.78 is 40.8. The third-order valence-electron chi connectivity index (χ3n) is 1.39. The van der Waals surface area contributed by atoms with Gasteiger partial charge in [0.15, 0.2) is 0 Å². The second-order valence-electron chi connectivity index (χ2n) is 2.33. The van der Waals surface area contributed by atoms with Crippen LogP contribution in [0.25, 0.3) is 0 Å². The van der Waals surface area contributed by atoms with Crippen LogP contribution in [0.2, 0.25) is 0 Å². The molecule has 0 N–H and O–H groups in total. The molecule has 1 heterocycles. The summed E-state index contributed by atoms with van der Waals surface area (Å²) in [6.07, 6.45) is -5.47. The highest BCUT2D eigenvalue weighted by atomic mass is 32.1. The second kappa shape index (κ2) is 4.20. The van der Waals surface area contributed by atoms with Crippen molar-refractivity contribution in [1.29, 1.82) is 0 Å². The van der Waals surface area contributed by atoms with Crippen LogP contribution in [0, 0.1) is 0 Å². The maximum Gasteiger partial charge on any atom is 0.445 e. The van der Waals surface area contributed by atoms with E-state index in [1.807, 2.05) is 0 Å².